The largest absolute Gasteiger partial charge is 0.358 e. The summed E-state index contributed by atoms with van der Waals surface area (Å²) < 4.78 is 0. The van der Waals surface area contributed by atoms with Gasteiger partial charge in [-0.15, -0.1) is 0 Å². The van der Waals surface area contributed by atoms with E-state index < -0.39 is 0 Å². The summed E-state index contributed by atoms with van der Waals surface area (Å²) in [7, 11) is 1.99. The number of hydrogen-bond acceptors (Lipinski definition) is 4. The molecule has 1 amide bonds. The van der Waals surface area contributed by atoms with E-state index in [1.807, 2.05) is 44.3 Å². The molecule has 128 valence electrons. The number of anilines is 1. The first-order valence-corrected chi connectivity index (χ1v) is 8.52. The van der Waals surface area contributed by atoms with Crippen molar-refractivity contribution in [3.63, 3.8) is 0 Å². The first-order valence-electron chi connectivity index (χ1n) is 8.52. The molecular formula is C19H26N4O. The summed E-state index contributed by atoms with van der Waals surface area (Å²) >= 11 is 0. The molecule has 0 aliphatic rings. The number of nitrogens with zero attached hydrogens (tertiary/aromatic N) is 4. The van der Waals surface area contributed by atoms with Gasteiger partial charge in [0.05, 0.1) is 12.4 Å². The third-order valence-corrected chi connectivity index (χ3v) is 3.98. The lowest BCUT2D eigenvalue weighted by Gasteiger charge is -2.21. The van der Waals surface area contributed by atoms with E-state index in [2.05, 4.69) is 21.8 Å². The van der Waals surface area contributed by atoms with E-state index in [1.54, 1.807) is 17.3 Å². The van der Waals surface area contributed by atoms with Crippen molar-refractivity contribution in [3.8, 4) is 0 Å². The first kappa shape index (κ1) is 17.9. The van der Waals surface area contributed by atoms with Crippen molar-refractivity contribution in [1.29, 1.82) is 0 Å². The van der Waals surface area contributed by atoms with Gasteiger partial charge in [-0.2, -0.15) is 0 Å². The van der Waals surface area contributed by atoms with Gasteiger partial charge in [-0.25, -0.2) is 9.97 Å². The van der Waals surface area contributed by atoms with Gasteiger partial charge in [0.1, 0.15) is 11.5 Å². The van der Waals surface area contributed by atoms with Gasteiger partial charge in [-0.05, 0) is 18.9 Å². The molecule has 2 rings (SSSR count). The number of aromatic nitrogens is 2. The van der Waals surface area contributed by atoms with Crippen LogP contribution in [0.1, 0.15) is 42.7 Å². The Kier molecular flexibility index (Phi) is 6.73. The van der Waals surface area contributed by atoms with Gasteiger partial charge in [-0.3, -0.25) is 4.79 Å². The van der Waals surface area contributed by atoms with Crippen LogP contribution in [0.2, 0.25) is 0 Å². The third-order valence-electron chi connectivity index (χ3n) is 3.98. The molecular weight excluding hydrogens is 300 g/mol. The summed E-state index contributed by atoms with van der Waals surface area (Å²) in [5, 5.41) is 0. The summed E-state index contributed by atoms with van der Waals surface area (Å²) in [6, 6.07) is 9.98. The van der Waals surface area contributed by atoms with E-state index in [1.165, 1.54) is 0 Å². The molecule has 0 saturated heterocycles. The minimum absolute atomic E-state index is 0.0865. The monoisotopic (exact) mass is 326 g/mol. The number of benzene rings is 1. The Morgan fingerprint density at radius 1 is 1.08 bits per heavy atom. The molecule has 1 aromatic heterocycles. The third kappa shape index (κ3) is 4.78. The van der Waals surface area contributed by atoms with E-state index in [-0.39, 0.29) is 5.91 Å². The predicted octanol–water partition coefficient (Wildman–Crippen LogP) is 3.38. The smallest absolute Gasteiger partial charge is 0.274 e. The van der Waals surface area contributed by atoms with Crippen LogP contribution >= 0.6 is 0 Å². The molecule has 0 fully saturated rings. The van der Waals surface area contributed by atoms with Crippen LogP contribution in [0, 0.1) is 0 Å². The molecule has 5 nitrogen and oxygen atoms in total. The van der Waals surface area contributed by atoms with Crippen molar-refractivity contribution in [2.75, 3.05) is 25.0 Å². The van der Waals surface area contributed by atoms with Crippen molar-refractivity contribution in [2.24, 2.45) is 0 Å². The number of carbonyl (C=O) groups is 1. The highest BCUT2D eigenvalue weighted by atomic mass is 16.2. The van der Waals surface area contributed by atoms with E-state index in [4.69, 9.17) is 0 Å². The van der Waals surface area contributed by atoms with E-state index in [9.17, 15) is 4.79 Å². The zero-order valence-electron chi connectivity index (χ0n) is 14.8. The number of hydrogen-bond donors (Lipinski definition) is 0. The molecule has 24 heavy (non-hydrogen) atoms. The van der Waals surface area contributed by atoms with Crippen LogP contribution in [-0.4, -0.2) is 40.9 Å². The lowest BCUT2D eigenvalue weighted by Crippen LogP contribution is -2.31. The molecule has 1 aromatic carbocycles. The Labute approximate surface area is 144 Å². The van der Waals surface area contributed by atoms with Crippen LogP contribution in [-0.2, 0) is 6.54 Å². The van der Waals surface area contributed by atoms with Crippen molar-refractivity contribution in [3.05, 3.63) is 54.0 Å². The maximum Gasteiger partial charge on any atom is 0.274 e. The second-order valence-corrected chi connectivity index (χ2v) is 5.84. The lowest BCUT2D eigenvalue weighted by atomic mass is 10.2. The average molecular weight is 326 g/mol. The molecule has 0 radical (unpaired) electrons. The minimum Gasteiger partial charge on any atom is -0.358 e. The zero-order chi connectivity index (χ0) is 17.4. The summed E-state index contributed by atoms with van der Waals surface area (Å²) in [5.41, 5.74) is 1.50. The number of unbranched alkanes of at least 4 members (excludes halogenated alkanes) is 1. The van der Waals surface area contributed by atoms with Gasteiger partial charge < -0.3 is 9.80 Å². The summed E-state index contributed by atoms with van der Waals surface area (Å²) in [5.74, 6) is 0.711. The van der Waals surface area contributed by atoms with E-state index in [0.717, 1.165) is 30.8 Å². The highest BCUT2D eigenvalue weighted by Crippen LogP contribution is 2.11. The Morgan fingerprint density at radius 2 is 1.83 bits per heavy atom. The normalized spacial score (nSPS) is 10.5. The quantitative estimate of drug-likeness (QED) is 0.746. The summed E-state index contributed by atoms with van der Waals surface area (Å²) in [6.45, 7) is 6.28. The Hall–Kier alpha value is -2.43. The van der Waals surface area contributed by atoms with E-state index in [0.29, 0.717) is 18.8 Å². The second kappa shape index (κ2) is 9.01. The van der Waals surface area contributed by atoms with Gasteiger partial charge in [-0.1, -0.05) is 43.7 Å². The number of carbonyl (C=O) groups excluding carboxylic acids is 1. The standard InChI is InChI=1S/C19H26N4O/c1-4-6-12-22(3)18-14-20-17(13-21-18)19(24)23(5-2)15-16-10-8-7-9-11-16/h7-11,13-14H,4-6,12,15H2,1-3H3. The fourth-order valence-corrected chi connectivity index (χ4v) is 2.43. The van der Waals surface area contributed by atoms with Gasteiger partial charge >= 0.3 is 0 Å². The maximum atomic E-state index is 12.6. The topological polar surface area (TPSA) is 49.3 Å². The van der Waals surface area contributed by atoms with Crippen LogP contribution in [0.25, 0.3) is 0 Å². The van der Waals surface area contributed by atoms with Crippen molar-refractivity contribution in [2.45, 2.75) is 33.2 Å². The Morgan fingerprint density at radius 3 is 2.42 bits per heavy atom. The average Bonchev–Trinajstić information content (AvgIpc) is 2.64. The van der Waals surface area contributed by atoms with Gasteiger partial charge in [0, 0.05) is 26.7 Å². The zero-order valence-corrected chi connectivity index (χ0v) is 14.8. The molecule has 0 bridgehead atoms. The second-order valence-electron chi connectivity index (χ2n) is 5.84. The predicted molar refractivity (Wildman–Crippen MR) is 97.1 cm³/mol. The molecule has 0 atom stereocenters. The molecule has 1 heterocycles. The highest BCUT2D eigenvalue weighted by molar-refractivity contribution is 5.92. The molecule has 0 unspecified atom stereocenters. The lowest BCUT2D eigenvalue weighted by molar-refractivity contribution is 0.0746. The summed E-state index contributed by atoms with van der Waals surface area (Å²) in [4.78, 5) is 25.2. The van der Waals surface area contributed by atoms with Crippen molar-refractivity contribution in [1.82, 2.24) is 14.9 Å². The molecule has 0 aliphatic heterocycles. The van der Waals surface area contributed by atoms with Crippen molar-refractivity contribution < 1.29 is 4.79 Å². The first-order chi connectivity index (χ1) is 11.7. The fraction of sp³-hybridized carbons (Fsp3) is 0.421. The number of amides is 1. The molecule has 0 saturated carbocycles. The van der Waals surface area contributed by atoms with Gasteiger partial charge in [0.25, 0.3) is 5.91 Å². The molecule has 5 heteroatoms. The Bertz CT molecular complexity index is 628. The SMILES string of the molecule is CCCCN(C)c1cnc(C(=O)N(CC)Cc2ccccc2)cn1. The van der Waals surface area contributed by atoms with Crippen LogP contribution in [0.4, 0.5) is 5.82 Å². The van der Waals surface area contributed by atoms with Crippen LogP contribution in [0.3, 0.4) is 0 Å². The van der Waals surface area contributed by atoms with Gasteiger partial charge in [0.15, 0.2) is 0 Å². The molecule has 2 aromatic rings. The van der Waals surface area contributed by atoms with Crippen LogP contribution in [0.5, 0.6) is 0 Å². The van der Waals surface area contributed by atoms with Crippen LogP contribution < -0.4 is 4.90 Å². The summed E-state index contributed by atoms with van der Waals surface area (Å²) in [6.07, 6.45) is 5.51. The maximum absolute atomic E-state index is 12.6. The van der Waals surface area contributed by atoms with Gasteiger partial charge in [0.2, 0.25) is 0 Å². The highest BCUT2D eigenvalue weighted by Gasteiger charge is 2.16. The van der Waals surface area contributed by atoms with Crippen LogP contribution in [0.15, 0.2) is 42.7 Å². The fourth-order valence-electron chi connectivity index (χ4n) is 2.43. The Balaban J connectivity index is 2.04. The number of rotatable bonds is 8. The molecule has 0 spiro atoms. The van der Waals surface area contributed by atoms with E-state index >= 15 is 0 Å². The van der Waals surface area contributed by atoms with Crippen molar-refractivity contribution >= 4 is 11.7 Å². The minimum atomic E-state index is -0.0865. The molecule has 0 aliphatic carbocycles. The molecule has 0 N–H and O–H groups in total.